The molecule has 0 spiro atoms. The summed E-state index contributed by atoms with van der Waals surface area (Å²) in [6.45, 7) is 2.07. The minimum absolute atomic E-state index is 0.324. The lowest BCUT2D eigenvalue weighted by Gasteiger charge is -2.50. The molecule has 6 rings (SSSR count). The summed E-state index contributed by atoms with van der Waals surface area (Å²) in [6, 6.07) is 20.5. The topological polar surface area (TPSA) is 79.8 Å². The van der Waals surface area contributed by atoms with Gasteiger partial charge in [0.1, 0.15) is 11.8 Å². The Bertz CT molecular complexity index is 1510. The van der Waals surface area contributed by atoms with Crippen LogP contribution in [0.2, 0.25) is 0 Å². The average Bonchev–Trinajstić information content (AvgIpc) is 3.17. The van der Waals surface area contributed by atoms with E-state index in [2.05, 4.69) is 11.9 Å². The number of anilines is 1. The van der Waals surface area contributed by atoms with Crippen LogP contribution in [0.4, 0.5) is 5.69 Å². The van der Waals surface area contributed by atoms with Crippen molar-refractivity contribution >= 4 is 34.3 Å². The number of carbonyl (C=O) groups excluding carboxylic acids is 3. The van der Waals surface area contributed by atoms with Crippen molar-refractivity contribution in [2.75, 3.05) is 12.0 Å². The molecule has 3 amide bonds. The molecule has 3 aromatic carbocycles. The van der Waals surface area contributed by atoms with Crippen molar-refractivity contribution in [2.45, 2.75) is 25.4 Å². The number of methoxy groups -OCH3 is 1. The van der Waals surface area contributed by atoms with E-state index in [1.54, 1.807) is 54.6 Å². The Morgan fingerprint density at radius 2 is 1.50 bits per heavy atom. The van der Waals surface area contributed by atoms with E-state index < -0.39 is 23.9 Å². The van der Waals surface area contributed by atoms with Crippen LogP contribution in [-0.4, -0.2) is 40.8 Å². The summed E-state index contributed by atoms with van der Waals surface area (Å²) in [4.78, 5) is 47.7. The van der Waals surface area contributed by atoms with Gasteiger partial charge in [0, 0.05) is 11.6 Å². The van der Waals surface area contributed by atoms with E-state index in [1.807, 2.05) is 36.4 Å². The maximum atomic E-state index is 13.8. The van der Waals surface area contributed by atoms with Gasteiger partial charge in [0.25, 0.3) is 17.7 Å². The quantitative estimate of drug-likeness (QED) is 0.311. The van der Waals surface area contributed by atoms with Gasteiger partial charge in [-0.3, -0.25) is 29.2 Å². The number of hydrogen-bond acceptors (Lipinski definition) is 5. The van der Waals surface area contributed by atoms with Crippen LogP contribution in [0.15, 0.2) is 79.0 Å². The first-order chi connectivity index (χ1) is 17.5. The van der Waals surface area contributed by atoms with Crippen molar-refractivity contribution in [3.8, 4) is 5.75 Å². The van der Waals surface area contributed by atoms with Crippen LogP contribution in [0.5, 0.6) is 5.75 Å². The largest absolute Gasteiger partial charge is 0.496 e. The van der Waals surface area contributed by atoms with Crippen LogP contribution in [0, 0.1) is 0 Å². The van der Waals surface area contributed by atoms with Gasteiger partial charge in [-0.05, 0) is 53.9 Å². The fourth-order valence-corrected chi connectivity index (χ4v) is 5.24. The van der Waals surface area contributed by atoms with Gasteiger partial charge < -0.3 is 4.74 Å². The first-order valence-electron chi connectivity index (χ1n) is 11.9. The molecule has 0 radical (unpaired) electrons. The number of aryl methyl sites for hydroxylation is 1. The number of β-lactam (4-membered cyclic amide) rings is 1. The van der Waals surface area contributed by atoms with Crippen molar-refractivity contribution in [1.82, 2.24) is 9.88 Å². The first-order valence-corrected chi connectivity index (χ1v) is 11.9. The van der Waals surface area contributed by atoms with Crippen LogP contribution >= 0.6 is 0 Å². The lowest BCUT2D eigenvalue weighted by atomic mass is 9.85. The highest BCUT2D eigenvalue weighted by Crippen LogP contribution is 2.46. The van der Waals surface area contributed by atoms with Crippen LogP contribution in [-0.2, 0) is 11.2 Å². The molecule has 1 saturated heterocycles. The number of rotatable bonds is 5. The number of pyridine rings is 1. The standard InChI is InChI=1S/C29H23N3O4/c1-3-17-10-12-18(13-11-17)25-26(32-27(33)19-7-4-5-8-20(19)28(32)34)29(35)31(25)22-14-15-23(36-2)21-9-6-16-30-24(21)22/h4-16,25-26H,3H2,1-2H3/t25-,26-/m0/s1. The average molecular weight is 478 g/mol. The molecule has 7 nitrogen and oxygen atoms in total. The minimum Gasteiger partial charge on any atom is -0.496 e. The first kappa shape index (κ1) is 22.0. The smallest absolute Gasteiger partial charge is 0.262 e. The zero-order valence-electron chi connectivity index (χ0n) is 19.8. The van der Waals surface area contributed by atoms with Crippen LogP contribution in [0.1, 0.15) is 44.8 Å². The van der Waals surface area contributed by atoms with E-state index in [4.69, 9.17) is 4.74 Å². The Balaban J connectivity index is 1.49. The second kappa shape index (κ2) is 8.30. The molecule has 2 aliphatic heterocycles. The highest BCUT2D eigenvalue weighted by Gasteiger charge is 2.57. The second-order valence-corrected chi connectivity index (χ2v) is 8.91. The fourth-order valence-electron chi connectivity index (χ4n) is 5.24. The number of nitrogens with zero attached hydrogens (tertiary/aromatic N) is 3. The minimum atomic E-state index is -0.953. The van der Waals surface area contributed by atoms with Crippen molar-refractivity contribution in [3.05, 3.63) is 101 Å². The number of carbonyl (C=O) groups is 3. The van der Waals surface area contributed by atoms with E-state index in [1.165, 1.54) is 0 Å². The van der Waals surface area contributed by atoms with Crippen molar-refractivity contribution in [2.24, 2.45) is 0 Å². The summed E-state index contributed by atoms with van der Waals surface area (Å²) in [5, 5.41) is 0.773. The van der Waals surface area contributed by atoms with Gasteiger partial charge in [-0.15, -0.1) is 0 Å². The number of benzene rings is 3. The molecular formula is C29H23N3O4. The SMILES string of the molecule is CCc1ccc([C@H]2[C@H](N3C(=O)c4ccccc4C3=O)C(=O)N2c2ccc(OC)c3cccnc23)cc1. The maximum absolute atomic E-state index is 13.8. The molecular weight excluding hydrogens is 454 g/mol. The van der Waals surface area contributed by atoms with Crippen LogP contribution in [0.25, 0.3) is 10.9 Å². The zero-order chi connectivity index (χ0) is 25.0. The highest BCUT2D eigenvalue weighted by atomic mass is 16.5. The third-order valence-electron chi connectivity index (χ3n) is 7.09. The van der Waals surface area contributed by atoms with Gasteiger partial charge in [-0.25, -0.2) is 0 Å². The van der Waals surface area contributed by atoms with Gasteiger partial charge in [0.2, 0.25) is 0 Å². The molecule has 36 heavy (non-hydrogen) atoms. The summed E-state index contributed by atoms with van der Waals surface area (Å²) in [7, 11) is 1.59. The molecule has 1 aromatic heterocycles. The van der Waals surface area contributed by atoms with Crippen molar-refractivity contribution in [1.29, 1.82) is 0 Å². The number of ether oxygens (including phenoxy) is 1. The number of aromatic nitrogens is 1. The molecule has 2 atom stereocenters. The van der Waals surface area contributed by atoms with Crippen LogP contribution in [0.3, 0.4) is 0 Å². The van der Waals surface area contributed by atoms with E-state index >= 15 is 0 Å². The molecule has 7 heteroatoms. The Kier molecular flexibility index (Phi) is 5.07. The third kappa shape index (κ3) is 3.05. The summed E-state index contributed by atoms with van der Waals surface area (Å²) in [5.74, 6) is -0.565. The third-order valence-corrected chi connectivity index (χ3v) is 7.09. The molecule has 0 saturated carbocycles. The van der Waals surface area contributed by atoms with E-state index in [0.29, 0.717) is 28.1 Å². The molecule has 4 aromatic rings. The Labute approximate surface area is 207 Å². The summed E-state index contributed by atoms with van der Waals surface area (Å²) in [6.07, 6.45) is 2.55. The normalized spacial score (nSPS) is 19.0. The predicted octanol–water partition coefficient (Wildman–Crippen LogP) is 4.56. The molecule has 0 bridgehead atoms. The van der Waals surface area contributed by atoms with Gasteiger partial charge in [-0.2, -0.15) is 0 Å². The van der Waals surface area contributed by atoms with E-state index in [9.17, 15) is 14.4 Å². The number of imide groups is 1. The highest BCUT2D eigenvalue weighted by molar-refractivity contribution is 6.25. The summed E-state index contributed by atoms with van der Waals surface area (Å²) >= 11 is 0. The van der Waals surface area contributed by atoms with Crippen molar-refractivity contribution < 1.29 is 19.1 Å². The predicted molar refractivity (Wildman–Crippen MR) is 135 cm³/mol. The van der Waals surface area contributed by atoms with Crippen molar-refractivity contribution in [3.63, 3.8) is 0 Å². The van der Waals surface area contributed by atoms with E-state index in [0.717, 1.165) is 27.8 Å². The van der Waals surface area contributed by atoms with E-state index in [-0.39, 0.29) is 5.91 Å². The lowest BCUT2D eigenvalue weighted by molar-refractivity contribution is -0.130. The number of amides is 3. The summed E-state index contributed by atoms with van der Waals surface area (Å²) < 4.78 is 5.50. The van der Waals surface area contributed by atoms with Gasteiger partial charge in [0.05, 0.1) is 35.5 Å². The molecule has 3 heterocycles. The lowest BCUT2D eigenvalue weighted by Crippen LogP contribution is -2.67. The Hall–Kier alpha value is -4.52. The monoisotopic (exact) mass is 477 g/mol. The Morgan fingerprint density at radius 1 is 0.806 bits per heavy atom. The maximum Gasteiger partial charge on any atom is 0.262 e. The number of fused-ring (bicyclic) bond motifs is 2. The van der Waals surface area contributed by atoms with Crippen LogP contribution < -0.4 is 9.64 Å². The summed E-state index contributed by atoms with van der Waals surface area (Å²) in [5.41, 5.74) is 3.86. The molecule has 178 valence electrons. The van der Waals surface area contributed by atoms with Gasteiger partial charge in [0.15, 0.2) is 0 Å². The molecule has 2 aliphatic rings. The number of hydrogen-bond donors (Lipinski definition) is 0. The zero-order valence-corrected chi connectivity index (χ0v) is 19.8. The van der Waals surface area contributed by atoms with Gasteiger partial charge >= 0.3 is 0 Å². The fraction of sp³-hybridized carbons (Fsp3) is 0.172. The molecule has 1 fully saturated rings. The second-order valence-electron chi connectivity index (χ2n) is 8.91. The molecule has 0 unspecified atom stereocenters. The molecule has 0 N–H and O–H groups in total. The Morgan fingerprint density at radius 3 is 2.14 bits per heavy atom. The molecule has 0 aliphatic carbocycles. The van der Waals surface area contributed by atoms with Gasteiger partial charge in [-0.1, -0.05) is 43.3 Å².